The zero-order chi connectivity index (χ0) is 13.0. The van der Waals surface area contributed by atoms with Gasteiger partial charge in [0, 0.05) is 6.42 Å². The first-order chi connectivity index (χ1) is 8.70. The SMILES string of the molecule is COC(=O)C(O)c1cccc(OC2CCOC2)c1. The number of ether oxygens (including phenoxy) is 3. The molecule has 2 rings (SSSR count). The van der Waals surface area contributed by atoms with Crippen molar-refractivity contribution in [3.05, 3.63) is 29.8 Å². The topological polar surface area (TPSA) is 65.0 Å². The van der Waals surface area contributed by atoms with Crippen LogP contribution in [0.15, 0.2) is 24.3 Å². The minimum Gasteiger partial charge on any atom is -0.488 e. The molecular weight excluding hydrogens is 236 g/mol. The molecule has 0 aromatic heterocycles. The van der Waals surface area contributed by atoms with Gasteiger partial charge in [0.05, 0.1) is 20.3 Å². The molecule has 0 spiro atoms. The van der Waals surface area contributed by atoms with Crippen LogP contribution in [0.3, 0.4) is 0 Å². The zero-order valence-electron chi connectivity index (χ0n) is 10.2. The third-order valence-electron chi connectivity index (χ3n) is 2.79. The smallest absolute Gasteiger partial charge is 0.339 e. The van der Waals surface area contributed by atoms with Crippen molar-refractivity contribution in [3.63, 3.8) is 0 Å². The fourth-order valence-electron chi connectivity index (χ4n) is 1.80. The summed E-state index contributed by atoms with van der Waals surface area (Å²) in [7, 11) is 1.24. The molecule has 1 aromatic rings. The first-order valence-corrected chi connectivity index (χ1v) is 5.81. The Balaban J connectivity index is 2.06. The molecule has 2 unspecified atom stereocenters. The highest BCUT2D eigenvalue weighted by molar-refractivity contribution is 5.76. The Bertz CT molecular complexity index is 412. The highest BCUT2D eigenvalue weighted by Gasteiger charge is 2.20. The van der Waals surface area contributed by atoms with E-state index in [0.717, 1.165) is 6.42 Å². The van der Waals surface area contributed by atoms with Gasteiger partial charge in [-0.3, -0.25) is 0 Å². The number of methoxy groups -OCH3 is 1. The summed E-state index contributed by atoms with van der Waals surface area (Å²) < 4.78 is 15.4. The molecule has 5 nitrogen and oxygen atoms in total. The fraction of sp³-hybridized carbons (Fsp3) is 0.462. The number of benzene rings is 1. The lowest BCUT2D eigenvalue weighted by Gasteiger charge is -2.14. The quantitative estimate of drug-likeness (QED) is 0.812. The van der Waals surface area contributed by atoms with Gasteiger partial charge in [0.2, 0.25) is 0 Å². The minimum atomic E-state index is -1.28. The maximum Gasteiger partial charge on any atom is 0.339 e. The molecule has 18 heavy (non-hydrogen) atoms. The average Bonchev–Trinajstić information content (AvgIpc) is 2.90. The fourth-order valence-corrected chi connectivity index (χ4v) is 1.80. The third kappa shape index (κ3) is 3.00. The Morgan fingerprint density at radius 2 is 2.39 bits per heavy atom. The molecule has 1 aromatic carbocycles. The molecule has 1 fully saturated rings. The van der Waals surface area contributed by atoms with Gasteiger partial charge in [-0.25, -0.2) is 4.79 Å². The van der Waals surface area contributed by atoms with Crippen LogP contribution < -0.4 is 4.74 Å². The number of hydrogen-bond acceptors (Lipinski definition) is 5. The van der Waals surface area contributed by atoms with E-state index in [1.807, 2.05) is 0 Å². The van der Waals surface area contributed by atoms with Crippen molar-refractivity contribution in [2.45, 2.75) is 18.6 Å². The number of hydrogen-bond donors (Lipinski definition) is 1. The Labute approximate surface area is 105 Å². The van der Waals surface area contributed by atoms with E-state index >= 15 is 0 Å². The van der Waals surface area contributed by atoms with Gasteiger partial charge in [-0.1, -0.05) is 12.1 Å². The molecule has 0 amide bonds. The molecule has 0 bridgehead atoms. The molecule has 1 aliphatic rings. The monoisotopic (exact) mass is 252 g/mol. The lowest BCUT2D eigenvalue weighted by Crippen LogP contribution is -2.17. The second-order valence-corrected chi connectivity index (χ2v) is 4.10. The molecule has 2 atom stereocenters. The molecule has 1 N–H and O–H groups in total. The number of rotatable bonds is 4. The van der Waals surface area contributed by atoms with Gasteiger partial charge in [0.1, 0.15) is 11.9 Å². The second kappa shape index (κ2) is 5.84. The largest absolute Gasteiger partial charge is 0.488 e. The van der Waals surface area contributed by atoms with Crippen LogP contribution in [-0.4, -0.2) is 37.5 Å². The summed E-state index contributed by atoms with van der Waals surface area (Å²) in [4.78, 5) is 11.2. The summed E-state index contributed by atoms with van der Waals surface area (Å²) in [6, 6.07) is 6.80. The van der Waals surface area contributed by atoms with Crippen molar-refractivity contribution in [2.24, 2.45) is 0 Å². The summed E-state index contributed by atoms with van der Waals surface area (Å²) in [5, 5.41) is 9.72. The van der Waals surface area contributed by atoms with E-state index in [1.165, 1.54) is 7.11 Å². The van der Waals surface area contributed by atoms with E-state index in [4.69, 9.17) is 9.47 Å². The van der Waals surface area contributed by atoms with Crippen LogP contribution in [0.25, 0.3) is 0 Å². The van der Waals surface area contributed by atoms with E-state index in [2.05, 4.69) is 4.74 Å². The van der Waals surface area contributed by atoms with Crippen LogP contribution in [0.1, 0.15) is 18.1 Å². The van der Waals surface area contributed by atoms with E-state index in [9.17, 15) is 9.90 Å². The van der Waals surface area contributed by atoms with Crippen LogP contribution in [0.5, 0.6) is 5.75 Å². The normalized spacial score (nSPS) is 20.4. The Morgan fingerprint density at radius 1 is 1.56 bits per heavy atom. The summed E-state index contributed by atoms with van der Waals surface area (Å²) >= 11 is 0. The summed E-state index contributed by atoms with van der Waals surface area (Å²) in [6.45, 7) is 1.28. The molecule has 1 aliphatic heterocycles. The van der Waals surface area contributed by atoms with Gasteiger partial charge < -0.3 is 19.3 Å². The van der Waals surface area contributed by atoms with Crippen LogP contribution in [0, 0.1) is 0 Å². The van der Waals surface area contributed by atoms with Crippen LogP contribution in [-0.2, 0) is 14.3 Å². The summed E-state index contributed by atoms with van der Waals surface area (Å²) in [6.07, 6.45) is -0.391. The third-order valence-corrected chi connectivity index (χ3v) is 2.79. The molecule has 1 saturated heterocycles. The van der Waals surface area contributed by atoms with Crippen molar-refractivity contribution in [2.75, 3.05) is 20.3 Å². The number of carbonyl (C=O) groups excluding carboxylic acids is 1. The molecule has 98 valence electrons. The van der Waals surface area contributed by atoms with Gasteiger partial charge in [-0.05, 0) is 17.7 Å². The highest BCUT2D eigenvalue weighted by Crippen LogP contribution is 2.22. The maximum atomic E-state index is 11.2. The molecule has 5 heteroatoms. The molecule has 0 aliphatic carbocycles. The highest BCUT2D eigenvalue weighted by atomic mass is 16.5. The van der Waals surface area contributed by atoms with E-state index in [1.54, 1.807) is 24.3 Å². The first kappa shape index (κ1) is 12.9. The van der Waals surface area contributed by atoms with Gasteiger partial charge in [0.15, 0.2) is 6.10 Å². The van der Waals surface area contributed by atoms with Crippen molar-refractivity contribution >= 4 is 5.97 Å². The number of aliphatic hydroxyl groups is 1. The van der Waals surface area contributed by atoms with Crippen molar-refractivity contribution in [1.29, 1.82) is 0 Å². The van der Waals surface area contributed by atoms with Crippen LogP contribution in [0.4, 0.5) is 0 Å². The Hall–Kier alpha value is -1.59. The molecule has 1 heterocycles. The zero-order valence-corrected chi connectivity index (χ0v) is 10.2. The van der Waals surface area contributed by atoms with Crippen molar-refractivity contribution in [3.8, 4) is 5.75 Å². The molecular formula is C13H16O5. The van der Waals surface area contributed by atoms with Crippen molar-refractivity contribution < 1.29 is 24.1 Å². The van der Waals surface area contributed by atoms with Gasteiger partial charge >= 0.3 is 5.97 Å². The molecule has 0 radical (unpaired) electrons. The number of aliphatic hydroxyl groups excluding tert-OH is 1. The second-order valence-electron chi connectivity index (χ2n) is 4.10. The van der Waals surface area contributed by atoms with Crippen LogP contribution >= 0.6 is 0 Å². The van der Waals surface area contributed by atoms with Crippen molar-refractivity contribution in [1.82, 2.24) is 0 Å². The lowest BCUT2D eigenvalue weighted by molar-refractivity contribution is -0.150. The van der Waals surface area contributed by atoms with Gasteiger partial charge in [-0.15, -0.1) is 0 Å². The predicted molar refractivity (Wildman–Crippen MR) is 63.3 cm³/mol. The number of esters is 1. The van der Waals surface area contributed by atoms with E-state index < -0.39 is 12.1 Å². The standard InChI is InChI=1S/C13H16O5/c1-16-13(15)12(14)9-3-2-4-10(7-9)18-11-5-6-17-8-11/h2-4,7,11-12,14H,5-6,8H2,1H3. The lowest BCUT2D eigenvalue weighted by atomic mass is 10.1. The maximum absolute atomic E-state index is 11.2. The molecule has 0 saturated carbocycles. The Morgan fingerprint density at radius 3 is 3.06 bits per heavy atom. The summed E-state index contributed by atoms with van der Waals surface area (Å²) in [5.41, 5.74) is 0.457. The Kier molecular flexibility index (Phi) is 4.17. The average molecular weight is 252 g/mol. The summed E-state index contributed by atoms with van der Waals surface area (Å²) in [5.74, 6) is -0.0673. The minimum absolute atomic E-state index is 0.0375. The number of carbonyl (C=O) groups is 1. The van der Waals surface area contributed by atoms with Crippen LogP contribution in [0.2, 0.25) is 0 Å². The van der Waals surface area contributed by atoms with E-state index in [0.29, 0.717) is 24.5 Å². The van der Waals surface area contributed by atoms with Gasteiger partial charge in [-0.2, -0.15) is 0 Å². The predicted octanol–water partition coefficient (Wildman–Crippen LogP) is 1.06. The van der Waals surface area contributed by atoms with Gasteiger partial charge in [0.25, 0.3) is 0 Å². The van der Waals surface area contributed by atoms with E-state index in [-0.39, 0.29) is 6.10 Å². The first-order valence-electron chi connectivity index (χ1n) is 5.81.